The molecule has 0 spiro atoms. The predicted molar refractivity (Wildman–Crippen MR) is 147 cm³/mol. The summed E-state index contributed by atoms with van der Waals surface area (Å²) in [6.07, 6.45) is 2.58. The fraction of sp³-hybridized carbons (Fsp3) is 0.231. The maximum atomic E-state index is 13.0. The van der Waals surface area contributed by atoms with Crippen LogP contribution in [0.2, 0.25) is 5.02 Å². The van der Waals surface area contributed by atoms with Crippen molar-refractivity contribution in [2.75, 3.05) is 25.0 Å². The van der Waals surface area contributed by atoms with Crippen molar-refractivity contribution in [3.63, 3.8) is 0 Å². The van der Waals surface area contributed by atoms with Gasteiger partial charge < -0.3 is 14.8 Å². The lowest BCUT2D eigenvalue weighted by atomic mass is 10.00. The van der Waals surface area contributed by atoms with Gasteiger partial charge in [0.2, 0.25) is 11.8 Å². The summed E-state index contributed by atoms with van der Waals surface area (Å²) in [7, 11) is -0.885. The Bertz CT molecular complexity index is 1600. The van der Waals surface area contributed by atoms with Crippen LogP contribution < -0.4 is 14.8 Å². The molecule has 2 N–H and O–H groups in total. The van der Waals surface area contributed by atoms with Crippen LogP contribution in [0, 0.1) is 13.8 Å². The second-order valence-electron chi connectivity index (χ2n) is 8.66. The normalized spacial score (nSPS) is 11.3. The topological polar surface area (TPSA) is 137 Å². The van der Waals surface area contributed by atoms with Crippen LogP contribution in [0.25, 0.3) is 11.3 Å². The summed E-state index contributed by atoms with van der Waals surface area (Å²) in [6, 6.07) is 11.9. The third-order valence-electron chi connectivity index (χ3n) is 5.60. The number of hydrogen-bond donors (Lipinski definition) is 2. The Kier molecular flexibility index (Phi) is 8.48. The molecule has 0 atom stereocenters. The highest BCUT2D eigenvalue weighted by molar-refractivity contribution is 7.92. The molecular weight excluding hydrogens is 544 g/mol. The number of amides is 1. The second-order valence-corrected chi connectivity index (χ2v) is 10.8. The van der Waals surface area contributed by atoms with Crippen molar-refractivity contribution in [2.24, 2.45) is 7.05 Å². The zero-order valence-corrected chi connectivity index (χ0v) is 23.3. The van der Waals surface area contributed by atoms with E-state index in [0.717, 1.165) is 16.7 Å². The lowest BCUT2D eigenvalue weighted by Gasteiger charge is -2.14. The first-order valence-corrected chi connectivity index (χ1v) is 13.6. The van der Waals surface area contributed by atoms with Crippen molar-refractivity contribution in [2.45, 2.75) is 18.7 Å². The molecule has 39 heavy (non-hydrogen) atoms. The molecule has 0 fully saturated rings. The quantitative estimate of drug-likeness (QED) is 0.272. The molecule has 0 saturated carbocycles. The minimum Gasteiger partial charge on any atom is -0.439 e. The Hall–Kier alpha value is -4.00. The Morgan fingerprint density at radius 3 is 2.51 bits per heavy atom. The van der Waals surface area contributed by atoms with E-state index in [0.29, 0.717) is 18.8 Å². The van der Waals surface area contributed by atoms with Crippen molar-refractivity contribution >= 4 is 33.5 Å². The van der Waals surface area contributed by atoms with E-state index < -0.39 is 10.0 Å². The average molecular weight is 571 g/mol. The molecule has 204 valence electrons. The van der Waals surface area contributed by atoms with Gasteiger partial charge in [0.15, 0.2) is 0 Å². The van der Waals surface area contributed by atoms with Gasteiger partial charge in [0, 0.05) is 49.1 Å². The van der Waals surface area contributed by atoms with Crippen molar-refractivity contribution in [1.82, 2.24) is 25.1 Å². The minimum absolute atomic E-state index is 0.0412. The number of rotatable bonds is 10. The molecule has 4 rings (SSSR count). The van der Waals surface area contributed by atoms with Crippen molar-refractivity contribution in [1.29, 1.82) is 0 Å². The first-order valence-electron chi connectivity index (χ1n) is 11.8. The van der Waals surface area contributed by atoms with E-state index in [4.69, 9.17) is 21.1 Å². The van der Waals surface area contributed by atoms with E-state index in [2.05, 4.69) is 25.1 Å². The summed E-state index contributed by atoms with van der Waals surface area (Å²) in [5, 5.41) is 6.92. The number of nitrogens with one attached hydrogen (secondary N) is 2. The van der Waals surface area contributed by atoms with Crippen LogP contribution in [0.4, 0.5) is 5.95 Å². The zero-order chi connectivity index (χ0) is 28.2. The Morgan fingerprint density at radius 1 is 1.10 bits per heavy atom. The average Bonchev–Trinajstić information content (AvgIpc) is 3.31. The van der Waals surface area contributed by atoms with Gasteiger partial charge in [-0.15, -0.1) is 0 Å². The summed E-state index contributed by atoms with van der Waals surface area (Å²) >= 11 is 6.26. The third-order valence-corrected chi connectivity index (χ3v) is 7.11. The summed E-state index contributed by atoms with van der Waals surface area (Å²) in [4.78, 5) is 21.3. The number of halogens is 1. The molecule has 11 nitrogen and oxygen atoms in total. The first-order chi connectivity index (χ1) is 18.6. The molecule has 2 heterocycles. The molecule has 2 aromatic heterocycles. The van der Waals surface area contributed by atoms with E-state index >= 15 is 0 Å². The second kappa shape index (κ2) is 11.8. The number of ether oxygens (including phenoxy) is 2. The van der Waals surface area contributed by atoms with E-state index in [1.807, 2.05) is 32.0 Å². The van der Waals surface area contributed by atoms with Gasteiger partial charge in [0.1, 0.15) is 10.6 Å². The van der Waals surface area contributed by atoms with Gasteiger partial charge >= 0.3 is 0 Å². The number of carbonyl (C=O) groups is 1. The van der Waals surface area contributed by atoms with Gasteiger partial charge in [-0.1, -0.05) is 29.8 Å². The van der Waals surface area contributed by atoms with Crippen LogP contribution in [0.5, 0.6) is 11.6 Å². The lowest BCUT2D eigenvalue weighted by Crippen LogP contribution is -2.26. The Labute approximate surface area is 231 Å². The van der Waals surface area contributed by atoms with Crippen LogP contribution in [-0.2, 0) is 21.8 Å². The predicted octanol–water partition coefficient (Wildman–Crippen LogP) is 4.12. The molecular formula is C26H27ClN6O5S. The van der Waals surface area contributed by atoms with Crippen LogP contribution >= 0.6 is 11.6 Å². The molecule has 2 aromatic carbocycles. The van der Waals surface area contributed by atoms with E-state index in [-0.39, 0.29) is 39.0 Å². The Balaban J connectivity index is 1.74. The van der Waals surface area contributed by atoms with E-state index in [1.54, 1.807) is 13.1 Å². The van der Waals surface area contributed by atoms with Gasteiger partial charge in [-0.25, -0.2) is 18.1 Å². The number of anilines is 1. The maximum absolute atomic E-state index is 13.0. The molecule has 0 radical (unpaired) electrons. The minimum atomic E-state index is -4.04. The van der Waals surface area contributed by atoms with Crippen LogP contribution in [0.1, 0.15) is 21.5 Å². The maximum Gasteiger partial charge on any atom is 0.267 e. The number of aromatic nitrogens is 4. The molecule has 0 bridgehead atoms. The zero-order valence-electron chi connectivity index (χ0n) is 21.7. The van der Waals surface area contributed by atoms with E-state index in [1.165, 1.54) is 42.4 Å². The molecule has 1 amide bonds. The van der Waals surface area contributed by atoms with Crippen molar-refractivity contribution in [3.05, 3.63) is 76.6 Å². The molecule has 0 aliphatic heterocycles. The summed E-state index contributed by atoms with van der Waals surface area (Å²) in [6.45, 7) is 4.53. The van der Waals surface area contributed by atoms with Gasteiger partial charge in [-0.2, -0.15) is 10.1 Å². The highest BCUT2D eigenvalue weighted by Crippen LogP contribution is 2.32. The number of carbonyl (C=O) groups excluding carboxylic acids is 1. The van der Waals surface area contributed by atoms with Gasteiger partial charge in [-0.3, -0.25) is 9.48 Å². The van der Waals surface area contributed by atoms with Crippen LogP contribution in [-0.4, -0.2) is 54.3 Å². The SMILES string of the molecule is COCCNC(=O)c1cc(Cl)cc(Oc2cc(-c3c(C)cccc3C)nc(NS(=O)(=O)c3cnn(C)c3)n2)c1. The lowest BCUT2D eigenvalue weighted by molar-refractivity contribution is 0.0936. The van der Waals surface area contributed by atoms with Crippen molar-refractivity contribution in [3.8, 4) is 22.9 Å². The molecule has 0 aliphatic rings. The number of methoxy groups -OCH3 is 1. The molecule has 0 unspecified atom stereocenters. The summed E-state index contributed by atoms with van der Waals surface area (Å²) in [5.74, 6) is -0.289. The molecule has 0 saturated heterocycles. The Morgan fingerprint density at radius 2 is 1.85 bits per heavy atom. The first kappa shape index (κ1) is 28.0. The molecule has 13 heteroatoms. The third kappa shape index (κ3) is 6.91. The molecule has 4 aromatic rings. The van der Waals surface area contributed by atoms with Crippen molar-refractivity contribution < 1.29 is 22.7 Å². The summed E-state index contributed by atoms with van der Waals surface area (Å²) < 4.78 is 40.7. The monoisotopic (exact) mass is 570 g/mol. The standard InChI is InChI=1S/C26H27ClN6O5S/c1-16-6-5-7-17(2)24(16)22-13-23(31-26(30-22)32-39(35,36)21-14-29-33(3)15-21)38-20-11-18(10-19(27)12-20)25(34)28-8-9-37-4/h5-7,10-15H,8-9H2,1-4H3,(H,28,34)(H,30,31,32). The van der Waals surface area contributed by atoms with Crippen LogP contribution in [0.15, 0.2) is 59.8 Å². The number of nitrogens with zero attached hydrogens (tertiary/aromatic N) is 4. The number of benzene rings is 2. The molecule has 0 aliphatic carbocycles. The smallest absolute Gasteiger partial charge is 0.267 e. The summed E-state index contributed by atoms with van der Waals surface area (Å²) in [5.41, 5.74) is 3.38. The van der Waals surface area contributed by atoms with E-state index in [9.17, 15) is 13.2 Å². The largest absolute Gasteiger partial charge is 0.439 e. The fourth-order valence-corrected chi connectivity index (χ4v) is 4.98. The van der Waals surface area contributed by atoms with Gasteiger partial charge in [0.25, 0.3) is 15.9 Å². The highest BCUT2D eigenvalue weighted by Gasteiger charge is 2.20. The van der Waals surface area contributed by atoms with Gasteiger partial charge in [-0.05, 0) is 43.2 Å². The fourth-order valence-electron chi connectivity index (χ4n) is 3.83. The number of sulfonamides is 1. The highest BCUT2D eigenvalue weighted by atomic mass is 35.5. The van der Waals surface area contributed by atoms with Gasteiger partial charge in [0.05, 0.1) is 18.5 Å². The van der Waals surface area contributed by atoms with Crippen LogP contribution in [0.3, 0.4) is 0 Å². The number of aryl methyl sites for hydroxylation is 3. The number of hydrogen-bond acceptors (Lipinski definition) is 8.